The second-order valence-electron chi connectivity index (χ2n) is 5.15. The van der Waals surface area contributed by atoms with E-state index in [9.17, 15) is 4.79 Å². The first-order chi connectivity index (χ1) is 9.10. The molecule has 0 N–H and O–H groups in total. The summed E-state index contributed by atoms with van der Waals surface area (Å²) >= 11 is 0. The van der Waals surface area contributed by atoms with Crippen LogP contribution >= 0.6 is 0 Å². The van der Waals surface area contributed by atoms with Crippen molar-refractivity contribution in [3.63, 3.8) is 0 Å². The summed E-state index contributed by atoms with van der Waals surface area (Å²) in [5.74, 6) is 1.70. The van der Waals surface area contributed by atoms with Crippen LogP contribution in [0.4, 0.5) is 0 Å². The lowest BCUT2D eigenvalue weighted by molar-refractivity contribution is 0.0963. The number of benzene rings is 1. The van der Waals surface area contributed by atoms with Crippen LogP contribution in [-0.2, 0) is 4.74 Å². The molecule has 1 heterocycles. The predicted octanol–water partition coefficient (Wildman–Crippen LogP) is 2.70. The molecule has 2 rings (SSSR count). The molecule has 1 aliphatic rings. The molecule has 0 bridgehead atoms. The van der Waals surface area contributed by atoms with Crippen LogP contribution in [0, 0.1) is 5.92 Å². The van der Waals surface area contributed by atoms with Gasteiger partial charge >= 0.3 is 0 Å². The van der Waals surface area contributed by atoms with Gasteiger partial charge in [0.25, 0.3) is 0 Å². The zero-order chi connectivity index (χ0) is 13.8. The monoisotopic (exact) mass is 264 g/mol. The largest absolute Gasteiger partial charge is 0.497 e. The van der Waals surface area contributed by atoms with E-state index in [0.717, 1.165) is 6.61 Å². The maximum Gasteiger partial charge on any atom is 0.166 e. The summed E-state index contributed by atoms with van der Waals surface area (Å²) in [5.41, 5.74) is 0.621. The molecule has 1 aromatic rings. The highest BCUT2D eigenvalue weighted by Gasteiger charge is 2.24. The molecule has 0 aromatic heterocycles. The third-order valence-corrected chi connectivity index (χ3v) is 2.91. The summed E-state index contributed by atoms with van der Waals surface area (Å²) in [5, 5.41) is 0. The standard InChI is InChI=1S/C15H20O4/c1-10(2)6-14(16)13-5-4-11(17-3)7-15(13)19-9-12-8-18-12/h4-5,7,10,12H,6,8-9H2,1-3H3/t12-/m0/s1. The molecule has 4 nitrogen and oxygen atoms in total. The smallest absolute Gasteiger partial charge is 0.166 e. The van der Waals surface area contributed by atoms with Crippen molar-refractivity contribution < 1.29 is 19.0 Å². The third kappa shape index (κ3) is 3.96. The van der Waals surface area contributed by atoms with Crippen LogP contribution in [0.3, 0.4) is 0 Å². The van der Waals surface area contributed by atoms with Gasteiger partial charge in [-0.05, 0) is 18.1 Å². The van der Waals surface area contributed by atoms with Crippen molar-refractivity contribution >= 4 is 5.78 Å². The molecule has 4 heteroatoms. The van der Waals surface area contributed by atoms with Gasteiger partial charge in [0.2, 0.25) is 0 Å². The highest BCUT2D eigenvalue weighted by atomic mass is 16.6. The topological polar surface area (TPSA) is 48.1 Å². The van der Waals surface area contributed by atoms with Crippen LogP contribution in [-0.4, -0.2) is 32.2 Å². The average Bonchev–Trinajstić information content (AvgIpc) is 3.19. The first-order valence-electron chi connectivity index (χ1n) is 6.55. The van der Waals surface area contributed by atoms with Crippen LogP contribution in [0.2, 0.25) is 0 Å². The number of rotatable bonds is 7. The van der Waals surface area contributed by atoms with E-state index in [1.165, 1.54) is 0 Å². The summed E-state index contributed by atoms with van der Waals surface area (Å²) in [4.78, 5) is 12.2. The minimum Gasteiger partial charge on any atom is -0.497 e. The molecule has 0 aliphatic carbocycles. The van der Waals surface area contributed by atoms with Gasteiger partial charge in [-0.2, -0.15) is 0 Å². The SMILES string of the molecule is COc1ccc(C(=O)CC(C)C)c(OC[C@@H]2CO2)c1. The zero-order valence-corrected chi connectivity index (χ0v) is 11.6. The first-order valence-corrected chi connectivity index (χ1v) is 6.55. The summed E-state index contributed by atoms with van der Waals surface area (Å²) in [7, 11) is 1.60. The van der Waals surface area contributed by atoms with Gasteiger partial charge in [0.1, 0.15) is 24.2 Å². The van der Waals surface area contributed by atoms with Gasteiger partial charge in [-0.3, -0.25) is 4.79 Å². The molecule has 1 aliphatic heterocycles. The Kier molecular flexibility index (Phi) is 4.43. The molecule has 0 radical (unpaired) electrons. The van der Waals surface area contributed by atoms with Crippen LogP contribution in [0.15, 0.2) is 18.2 Å². The molecule has 1 aromatic carbocycles. The first kappa shape index (κ1) is 13.9. The summed E-state index contributed by atoms with van der Waals surface area (Å²) in [6, 6.07) is 5.32. The summed E-state index contributed by atoms with van der Waals surface area (Å²) in [6.07, 6.45) is 0.682. The Morgan fingerprint density at radius 3 is 2.79 bits per heavy atom. The van der Waals surface area contributed by atoms with E-state index in [-0.39, 0.29) is 11.9 Å². The van der Waals surface area contributed by atoms with E-state index >= 15 is 0 Å². The maximum atomic E-state index is 12.2. The Balaban J connectivity index is 2.16. The number of ether oxygens (including phenoxy) is 3. The van der Waals surface area contributed by atoms with Gasteiger partial charge in [-0.1, -0.05) is 13.8 Å². The van der Waals surface area contributed by atoms with Crippen molar-refractivity contribution in [3.8, 4) is 11.5 Å². The van der Waals surface area contributed by atoms with E-state index < -0.39 is 0 Å². The van der Waals surface area contributed by atoms with Crippen molar-refractivity contribution in [3.05, 3.63) is 23.8 Å². The predicted molar refractivity (Wildman–Crippen MR) is 72.0 cm³/mol. The molecule has 0 saturated carbocycles. The van der Waals surface area contributed by atoms with Crippen LogP contribution in [0.5, 0.6) is 11.5 Å². The van der Waals surface area contributed by atoms with Crippen molar-refractivity contribution in [1.29, 1.82) is 0 Å². The van der Waals surface area contributed by atoms with Crippen molar-refractivity contribution in [2.45, 2.75) is 26.4 Å². The van der Waals surface area contributed by atoms with E-state index in [4.69, 9.17) is 14.2 Å². The minimum atomic E-state index is 0.101. The van der Waals surface area contributed by atoms with Gasteiger partial charge < -0.3 is 14.2 Å². The van der Waals surface area contributed by atoms with Gasteiger partial charge in [0.05, 0.1) is 19.3 Å². The maximum absolute atomic E-state index is 12.2. The summed E-state index contributed by atoms with van der Waals surface area (Å²) in [6.45, 7) is 5.27. The molecule has 0 unspecified atom stereocenters. The molecule has 1 atom stereocenters. The van der Waals surface area contributed by atoms with Crippen LogP contribution < -0.4 is 9.47 Å². The second kappa shape index (κ2) is 6.06. The van der Waals surface area contributed by atoms with Crippen LogP contribution in [0.1, 0.15) is 30.6 Å². The molecule has 19 heavy (non-hydrogen) atoms. The number of carbonyl (C=O) groups excluding carboxylic acids is 1. The Labute approximate surface area is 113 Å². The Morgan fingerprint density at radius 1 is 1.47 bits per heavy atom. The highest BCUT2D eigenvalue weighted by molar-refractivity contribution is 5.99. The third-order valence-electron chi connectivity index (χ3n) is 2.91. The molecular formula is C15H20O4. The fourth-order valence-corrected chi connectivity index (χ4v) is 1.81. The average molecular weight is 264 g/mol. The van der Waals surface area contributed by atoms with Crippen LogP contribution in [0.25, 0.3) is 0 Å². The van der Waals surface area contributed by atoms with E-state index in [2.05, 4.69) is 0 Å². The molecule has 1 fully saturated rings. The van der Waals surface area contributed by atoms with Gasteiger partial charge in [-0.15, -0.1) is 0 Å². The Morgan fingerprint density at radius 2 is 2.21 bits per heavy atom. The molecule has 104 valence electrons. The lowest BCUT2D eigenvalue weighted by Crippen LogP contribution is -2.10. The lowest BCUT2D eigenvalue weighted by atomic mass is 10.0. The highest BCUT2D eigenvalue weighted by Crippen LogP contribution is 2.27. The van der Waals surface area contributed by atoms with Gasteiger partial charge in [0, 0.05) is 12.5 Å². The van der Waals surface area contributed by atoms with E-state index in [0.29, 0.717) is 36.0 Å². The molecule has 0 amide bonds. The van der Waals surface area contributed by atoms with Crippen molar-refractivity contribution in [1.82, 2.24) is 0 Å². The second-order valence-corrected chi connectivity index (χ2v) is 5.15. The number of Topliss-reactive ketones (excluding diaryl/α,β-unsaturated/α-hetero) is 1. The number of carbonyl (C=O) groups is 1. The quantitative estimate of drug-likeness (QED) is 0.561. The number of methoxy groups -OCH3 is 1. The number of hydrogen-bond acceptors (Lipinski definition) is 4. The molecular weight excluding hydrogens is 244 g/mol. The Hall–Kier alpha value is -1.55. The van der Waals surface area contributed by atoms with Gasteiger partial charge in [-0.25, -0.2) is 0 Å². The minimum absolute atomic E-state index is 0.101. The van der Waals surface area contributed by atoms with E-state index in [1.54, 1.807) is 25.3 Å². The Bertz CT molecular complexity index is 449. The van der Waals surface area contributed by atoms with Crippen molar-refractivity contribution in [2.75, 3.05) is 20.3 Å². The number of hydrogen-bond donors (Lipinski definition) is 0. The summed E-state index contributed by atoms with van der Waals surface area (Å²) < 4.78 is 16.0. The number of ketones is 1. The zero-order valence-electron chi connectivity index (χ0n) is 11.6. The fourth-order valence-electron chi connectivity index (χ4n) is 1.81. The fraction of sp³-hybridized carbons (Fsp3) is 0.533. The van der Waals surface area contributed by atoms with E-state index in [1.807, 2.05) is 13.8 Å². The van der Waals surface area contributed by atoms with Crippen molar-refractivity contribution in [2.24, 2.45) is 5.92 Å². The molecule has 1 saturated heterocycles. The number of epoxide rings is 1. The van der Waals surface area contributed by atoms with Gasteiger partial charge in [0.15, 0.2) is 5.78 Å². The molecule has 0 spiro atoms. The normalized spacial score (nSPS) is 17.4. The lowest BCUT2D eigenvalue weighted by Gasteiger charge is -2.12.